The predicted octanol–water partition coefficient (Wildman–Crippen LogP) is 8.85. The first-order valence-corrected chi connectivity index (χ1v) is 18.2. The summed E-state index contributed by atoms with van der Waals surface area (Å²) in [6, 6.07) is 21.2. The van der Waals surface area contributed by atoms with Crippen molar-refractivity contribution < 1.29 is 32.3 Å². The molecule has 1 aliphatic heterocycles. The number of hydrogen-bond donors (Lipinski definition) is 0. The smallest absolute Gasteiger partial charge is 0.293 e. The van der Waals surface area contributed by atoms with Gasteiger partial charge in [0.15, 0.2) is 11.6 Å². The van der Waals surface area contributed by atoms with Gasteiger partial charge in [-0.25, -0.2) is 9.88 Å². The van der Waals surface area contributed by atoms with Gasteiger partial charge in [0, 0.05) is 33.0 Å². The molecule has 0 atom stereocenters. The Balaban J connectivity index is 1.17. The molecule has 9 rings (SSSR count). The third-order valence-electron chi connectivity index (χ3n) is 11.4. The van der Waals surface area contributed by atoms with E-state index < -0.39 is 46.6 Å². The van der Waals surface area contributed by atoms with E-state index in [-0.39, 0.29) is 56.3 Å². The van der Waals surface area contributed by atoms with Crippen LogP contribution in [0.1, 0.15) is 113 Å². The fourth-order valence-electron chi connectivity index (χ4n) is 8.85. The lowest BCUT2D eigenvalue weighted by atomic mass is 9.76. The number of anilines is 1. The minimum Gasteiger partial charge on any atom is -0.293 e. The normalized spacial score (nSPS) is 16.3. The lowest BCUT2D eigenvalue weighted by Crippen LogP contribution is -2.42. The number of Topliss-reactive ketones (excluding diaryl/α,β-unsaturated/α-hetero) is 2. The largest absolute Gasteiger partial charge is 0.416 e. The molecule has 2 amide bonds. The van der Waals surface area contributed by atoms with E-state index in [1.165, 1.54) is 47.6 Å². The van der Waals surface area contributed by atoms with Crippen LogP contribution >= 0.6 is 0 Å². The van der Waals surface area contributed by atoms with E-state index in [4.69, 9.17) is 0 Å². The molecule has 0 N–H and O–H groups in total. The van der Waals surface area contributed by atoms with Crippen molar-refractivity contribution in [3.05, 3.63) is 151 Å². The number of ketones is 2. The highest BCUT2D eigenvalue weighted by molar-refractivity contribution is 6.40. The van der Waals surface area contributed by atoms with Crippen molar-refractivity contribution in [3.63, 3.8) is 0 Å². The van der Waals surface area contributed by atoms with Crippen molar-refractivity contribution in [2.45, 2.75) is 64.1 Å². The summed E-state index contributed by atoms with van der Waals surface area (Å²) in [5, 5.41) is 0.0525. The van der Waals surface area contributed by atoms with E-state index in [0.717, 1.165) is 46.7 Å². The number of halogens is 3. The van der Waals surface area contributed by atoms with Gasteiger partial charge in [0.1, 0.15) is 11.7 Å². The molecule has 1 saturated carbocycles. The second-order valence-corrected chi connectivity index (χ2v) is 14.7. The summed E-state index contributed by atoms with van der Waals surface area (Å²) in [5.41, 5.74) is 2.36. The van der Waals surface area contributed by atoms with Crippen LogP contribution in [0, 0.1) is 13.8 Å². The summed E-state index contributed by atoms with van der Waals surface area (Å²) < 4.78 is 42.2. The molecule has 0 spiro atoms. The first-order valence-electron chi connectivity index (χ1n) is 18.2. The summed E-state index contributed by atoms with van der Waals surface area (Å²) in [6.07, 6.45) is -0.185. The molecule has 0 saturated heterocycles. The van der Waals surface area contributed by atoms with Crippen LogP contribution in [0.2, 0.25) is 0 Å². The van der Waals surface area contributed by atoms with Gasteiger partial charge in [0.05, 0.1) is 28.7 Å². The molecule has 3 aliphatic rings. The maximum atomic E-state index is 14.6. The van der Waals surface area contributed by atoms with Crippen molar-refractivity contribution >= 4 is 50.7 Å². The standard InChI is InChI=1S/C44H32F3N3O5/c1-22-18-26(25-10-6-7-11-25)19-23(2)37(22)50-42(54)30-15-13-28-34-29(14-16-31(35(30)34)43(50)55)39(52)36(38(28)51)40-48-33-17-12-27(44(45,46)47)20-32(33)41(53)49(40)21-24-8-4-3-5-9-24/h3-5,8-9,12-20,25,36H,6-7,10-11,21H2,1-2H3. The number of alkyl halides is 3. The number of fused-ring (bicyclic) bond motifs is 1. The third-order valence-corrected chi connectivity index (χ3v) is 11.4. The van der Waals surface area contributed by atoms with Crippen LogP contribution in [0.3, 0.4) is 0 Å². The average Bonchev–Trinajstić information content (AvgIpc) is 3.71. The topological polar surface area (TPSA) is 106 Å². The molecule has 5 aromatic carbocycles. The van der Waals surface area contributed by atoms with Crippen LogP contribution in [-0.4, -0.2) is 32.9 Å². The summed E-state index contributed by atoms with van der Waals surface area (Å²) in [4.78, 5) is 77.5. The molecule has 8 nitrogen and oxygen atoms in total. The second kappa shape index (κ2) is 12.4. The average molecular weight is 740 g/mol. The van der Waals surface area contributed by atoms with Gasteiger partial charge in [-0.3, -0.25) is 28.5 Å². The van der Waals surface area contributed by atoms with Crippen LogP contribution in [0.15, 0.2) is 89.7 Å². The van der Waals surface area contributed by atoms with Crippen LogP contribution in [0.5, 0.6) is 0 Å². The number of aromatic nitrogens is 2. The van der Waals surface area contributed by atoms with Crippen LogP contribution in [-0.2, 0) is 12.7 Å². The predicted molar refractivity (Wildman–Crippen MR) is 200 cm³/mol. The molecule has 0 unspecified atom stereocenters. The number of benzene rings is 5. The molecule has 6 aromatic rings. The Bertz CT molecular complexity index is 2670. The molecule has 0 radical (unpaired) electrons. The lowest BCUT2D eigenvalue weighted by Gasteiger charge is -2.32. The van der Waals surface area contributed by atoms with Crippen molar-refractivity contribution in [1.29, 1.82) is 0 Å². The fourth-order valence-corrected chi connectivity index (χ4v) is 8.85. The second-order valence-electron chi connectivity index (χ2n) is 14.7. The molecule has 0 bridgehead atoms. The van der Waals surface area contributed by atoms with Gasteiger partial charge in [0.2, 0.25) is 0 Å². The molecule has 11 heteroatoms. The molecular weight excluding hydrogens is 707 g/mol. The highest BCUT2D eigenvalue weighted by atomic mass is 19.4. The maximum absolute atomic E-state index is 14.6. The van der Waals surface area contributed by atoms with E-state index in [1.807, 2.05) is 13.8 Å². The zero-order valence-electron chi connectivity index (χ0n) is 29.8. The highest BCUT2D eigenvalue weighted by Gasteiger charge is 2.44. The van der Waals surface area contributed by atoms with E-state index in [2.05, 4.69) is 17.1 Å². The van der Waals surface area contributed by atoms with Crippen molar-refractivity contribution in [1.82, 2.24) is 9.55 Å². The molecule has 274 valence electrons. The van der Waals surface area contributed by atoms with E-state index in [9.17, 15) is 37.1 Å². The number of hydrogen-bond acceptors (Lipinski definition) is 6. The fraction of sp³-hybridized carbons (Fsp3) is 0.227. The maximum Gasteiger partial charge on any atom is 0.416 e. The lowest BCUT2D eigenvalue weighted by molar-refractivity contribution is -0.137. The number of amides is 2. The quantitative estimate of drug-likeness (QED) is 0.129. The van der Waals surface area contributed by atoms with Gasteiger partial charge in [0.25, 0.3) is 17.4 Å². The van der Waals surface area contributed by atoms with Gasteiger partial charge < -0.3 is 0 Å². The molecule has 1 aromatic heterocycles. The number of carbonyl (C=O) groups excluding carboxylic acids is 4. The first-order chi connectivity index (χ1) is 26.3. The summed E-state index contributed by atoms with van der Waals surface area (Å²) in [5.74, 6) is -3.99. The number of carbonyl (C=O) groups is 4. The minimum atomic E-state index is -4.72. The van der Waals surface area contributed by atoms with Gasteiger partial charge in [-0.2, -0.15) is 13.2 Å². The van der Waals surface area contributed by atoms with Crippen molar-refractivity contribution in [3.8, 4) is 0 Å². The number of nitrogens with zero attached hydrogens (tertiary/aromatic N) is 3. The number of rotatable bonds is 5. The summed E-state index contributed by atoms with van der Waals surface area (Å²) in [6.45, 7) is 3.61. The SMILES string of the molecule is Cc1cc(C2CCCC2)cc(C)c1N1C(=O)c2ccc3c4c(ccc(c24)C1=O)C(=O)C(c1nc2ccc(C(F)(F)F)cc2c(=O)n1Cc1ccccc1)C3=O. The molecule has 55 heavy (non-hydrogen) atoms. The van der Waals surface area contributed by atoms with Crippen molar-refractivity contribution in [2.24, 2.45) is 0 Å². The summed E-state index contributed by atoms with van der Waals surface area (Å²) >= 11 is 0. The highest BCUT2D eigenvalue weighted by Crippen LogP contribution is 2.44. The van der Waals surface area contributed by atoms with E-state index in [0.29, 0.717) is 17.2 Å². The Kier molecular flexibility index (Phi) is 7.79. The molecular formula is C44H32F3N3O5. The Morgan fingerprint density at radius 1 is 0.709 bits per heavy atom. The van der Waals surface area contributed by atoms with Gasteiger partial charge in [-0.1, -0.05) is 55.3 Å². The number of imide groups is 1. The van der Waals surface area contributed by atoms with Crippen molar-refractivity contribution in [2.75, 3.05) is 4.90 Å². The van der Waals surface area contributed by atoms with Crippen LogP contribution in [0.4, 0.5) is 18.9 Å². The first kappa shape index (κ1) is 34.5. The minimum absolute atomic E-state index is 0.0653. The Hall–Kier alpha value is -6.23. The van der Waals surface area contributed by atoms with Gasteiger partial charge in [-0.15, -0.1) is 0 Å². The van der Waals surface area contributed by atoms with Crippen LogP contribution in [0.25, 0.3) is 21.7 Å². The van der Waals surface area contributed by atoms with E-state index >= 15 is 0 Å². The van der Waals surface area contributed by atoms with Crippen LogP contribution < -0.4 is 10.5 Å². The van der Waals surface area contributed by atoms with Gasteiger partial charge in [-0.05, 0) is 97.3 Å². The third kappa shape index (κ3) is 5.27. The molecule has 2 heterocycles. The Labute approximate surface area is 312 Å². The molecule has 2 aliphatic carbocycles. The Morgan fingerprint density at radius 3 is 1.85 bits per heavy atom. The monoisotopic (exact) mass is 739 g/mol. The number of aryl methyl sites for hydroxylation is 2. The summed E-state index contributed by atoms with van der Waals surface area (Å²) in [7, 11) is 0. The zero-order chi connectivity index (χ0) is 38.5. The molecule has 1 fully saturated rings. The van der Waals surface area contributed by atoms with Gasteiger partial charge >= 0.3 is 6.18 Å². The zero-order valence-corrected chi connectivity index (χ0v) is 29.8. The Morgan fingerprint density at radius 2 is 1.27 bits per heavy atom. The van der Waals surface area contributed by atoms with E-state index in [1.54, 1.807) is 30.3 Å².